The van der Waals surface area contributed by atoms with Crippen LogP contribution in [0.1, 0.15) is 33.6 Å². The predicted molar refractivity (Wildman–Crippen MR) is 70.2 cm³/mol. The molecule has 0 radical (unpaired) electrons. The Hall–Kier alpha value is -0.420. The van der Waals surface area contributed by atoms with Gasteiger partial charge in [0.15, 0.2) is 0 Å². The highest BCUT2D eigenvalue weighted by molar-refractivity contribution is 5.34. The van der Waals surface area contributed by atoms with Crippen molar-refractivity contribution in [3.8, 4) is 0 Å². The Balaban J connectivity index is 2.12. The van der Waals surface area contributed by atoms with E-state index in [1.165, 1.54) is 0 Å². The van der Waals surface area contributed by atoms with Gasteiger partial charge in [-0.15, -0.1) is 0 Å². The predicted octanol–water partition coefficient (Wildman–Crippen LogP) is 0.444. The molecular formula is C15H24O4. The SMILES string of the molecule is CC1(C)C[C@H]2[C@@]1(O)[C@@H](O)C[C@]1(C)[C@H](O)C=C[C@]21CO. The summed E-state index contributed by atoms with van der Waals surface area (Å²) in [5, 5.41) is 41.7. The highest BCUT2D eigenvalue weighted by Crippen LogP contribution is 2.72. The first-order chi connectivity index (χ1) is 8.66. The maximum absolute atomic E-state index is 11.0. The Kier molecular flexibility index (Phi) is 2.44. The van der Waals surface area contributed by atoms with Gasteiger partial charge < -0.3 is 20.4 Å². The molecule has 0 aliphatic heterocycles. The van der Waals surface area contributed by atoms with E-state index in [0.717, 1.165) is 6.42 Å². The standard InChI is InChI=1S/C15H24O4/c1-12(2)6-9-14(8-16)5-4-10(17)13(14,3)7-11(18)15(9,12)19/h4-5,9-11,16-19H,6-8H2,1-3H3/t9-,10-,11+,13-,14+,15-/m1/s1. The summed E-state index contributed by atoms with van der Waals surface area (Å²) in [6.45, 7) is 5.71. The Morgan fingerprint density at radius 2 is 1.79 bits per heavy atom. The molecule has 0 spiro atoms. The minimum Gasteiger partial charge on any atom is -0.395 e. The van der Waals surface area contributed by atoms with Crippen molar-refractivity contribution in [2.75, 3.05) is 6.61 Å². The van der Waals surface area contributed by atoms with Crippen LogP contribution in [-0.2, 0) is 0 Å². The van der Waals surface area contributed by atoms with Crippen LogP contribution < -0.4 is 0 Å². The highest BCUT2D eigenvalue weighted by atomic mass is 16.3. The molecule has 0 aromatic rings. The maximum Gasteiger partial charge on any atom is 0.0993 e. The van der Waals surface area contributed by atoms with Crippen molar-refractivity contribution < 1.29 is 20.4 Å². The molecule has 0 saturated heterocycles. The minimum atomic E-state index is -1.18. The molecule has 4 nitrogen and oxygen atoms in total. The van der Waals surface area contributed by atoms with Crippen molar-refractivity contribution in [3.63, 3.8) is 0 Å². The van der Waals surface area contributed by atoms with E-state index in [2.05, 4.69) is 0 Å². The van der Waals surface area contributed by atoms with E-state index in [1.807, 2.05) is 26.8 Å². The lowest BCUT2D eigenvalue weighted by Gasteiger charge is -2.71. The van der Waals surface area contributed by atoms with Crippen LogP contribution in [0.3, 0.4) is 0 Å². The van der Waals surface area contributed by atoms with E-state index in [0.29, 0.717) is 6.42 Å². The number of aliphatic hydroxyl groups excluding tert-OH is 3. The van der Waals surface area contributed by atoms with E-state index in [4.69, 9.17) is 0 Å². The van der Waals surface area contributed by atoms with Crippen LogP contribution in [0.25, 0.3) is 0 Å². The second kappa shape index (κ2) is 3.42. The molecule has 3 aliphatic rings. The van der Waals surface area contributed by atoms with E-state index in [9.17, 15) is 20.4 Å². The first-order valence-electron chi connectivity index (χ1n) is 7.04. The Morgan fingerprint density at radius 1 is 1.16 bits per heavy atom. The first kappa shape index (κ1) is 13.6. The van der Waals surface area contributed by atoms with Gasteiger partial charge in [0.25, 0.3) is 0 Å². The molecule has 19 heavy (non-hydrogen) atoms. The highest BCUT2D eigenvalue weighted by Gasteiger charge is 2.76. The fourth-order valence-electron chi connectivity index (χ4n) is 5.09. The van der Waals surface area contributed by atoms with Crippen LogP contribution in [0.4, 0.5) is 0 Å². The normalized spacial score (nSPS) is 58.4. The van der Waals surface area contributed by atoms with E-state index < -0.39 is 28.6 Å². The number of aliphatic hydroxyl groups is 4. The van der Waals surface area contributed by atoms with Gasteiger partial charge >= 0.3 is 0 Å². The Morgan fingerprint density at radius 3 is 2.32 bits per heavy atom. The van der Waals surface area contributed by atoms with Gasteiger partial charge in [-0.1, -0.05) is 32.9 Å². The molecule has 0 aromatic heterocycles. The molecule has 0 aromatic carbocycles. The van der Waals surface area contributed by atoms with Gasteiger partial charge in [0.05, 0.1) is 24.4 Å². The van der Waals surface area contributed by atoms with Crippen LogP contribution in [0.2, 0.25) is 0 Å². The van der Waals surface area contributed by atoms with Gasteiger partial charge in [0.2, 0.25) is 0 Å². The van der Waals surface area contributed by atoms with Crippen LogP contribution >= 0.6 is 0 Å². The van der Waals surface area contributed by atoms with Gasteiger partial charge in [0.1, 0.15) is 0 Å². The molecule has 6 atom stereocenters. The zero-order chi connectivity index (χ0) is 14.3. The molecule has 2 saturated carbocycles. The summed E-state index contributed by atoms with van der Waals surface area (Å²) in [4.78, 5) is 0. The summed E-state index contributed by atoms with van der Waals surface area (Å²) in [5.74, 6) is -0.206. The second-order valence-corrected chi connectivity index (χ2v) is 7.61. The third-order valence-electron chi connectivity index (χ3n) is 6.63. The minimum absolute atomic E-state index is 0.104. The van der Waals surface area contributed by atoms with Gasteiger partial charge in [-0.25, -0.2) is 0 Å². The average molecular weight is 268 g/mol. The van der Waals surface area contributed by atoms with Gasteiger partial charge in [0, 0.05) is 16.7 Å². The van der Waals surface area contributed by atoms with E-state index >= 15 is 0 Å². The summed E-state index contributed by atoms with van der Waals surface area (Å²) in [6, 6.07) is 0. The lowest BCUT2D eigenvalue weighted by molar-refractivity contribution is -0.331. The molecular weight excluding hydrogens is 244 g/mol. The molecule has 108 valence electrons. The Labute approximate surface area is 113 Å². The molecule has 0 unspecified atom stereocenters. The third kappa shape index (κ3) is 1.16. The van der Waals surface area contributed by atoms with Crippen molar-refractivity contribution in [3.05, 3.63) is 12.2 Å². The molecule has 4 N–H and O–H groups in total. The number of rotatable bonds is 1. The topological polar surface area (TPSA) is 80.9 Å². The first-order valence-corrected chi connectivity index (χ1v) is 7.04. The van der Waals surface area contributed by atoms with Crippen molar-refractivity contribution in [1.29, 1.82) is 0 Å². The van der Waals surface area contributed by atoms with Gasteiger partial charge in [-0.3, -0.25) is 0 Å². The molecule has 0 amide bonds. The van der Waals surface area contributed by atoms with Crippen molar-refractivity contribution >= 4 is 0 Å². The van der Waals surface area contributed by atoms with E-state index in [-0.39, 0.29) is 17.9 Å². The number of fused-ring (bicyclic) bond motifs is 3. The summed E-state index contributed by atoms with van der Waals surface area (Å²) in [5.41, 5.74) is -2.77. The van der Waals surface area contributed by atoms with Gasteiger partial charge in [-0.05, 0) is 18.3 Å². The van der Waals surface area contributed by atoms with Crippen molar-refractivity contribution in [2.45, 2.75) is 51.4 Å². The van der Waals surface area contributed by atoms with Gasteiger partial charge in [-0.2, -0.15) is 0 Å². The van der Waals surface area contributed by atoms with Crippen molar-refractivity contribution in [1.82, 2.24) is 0 Å². The number of hydrogen-bond acceptors (Lipinski definition) is 4. The fourth-order valence-corrected chi connectivity index (χ4v) is 5.09. The summed E-state index contributed by atoms with van der Waals surface area (Å²) in [7, 11) is 0. The summed E-state index contributed by atoms with van der Waals surface area (Å²) in [6.07, 6.45) is 3.09. The van der Waals surface area contributed by atoms with Crippen LogP contribution in [-0.4, -0.2) is 44.8 Å². The zero-order valence-electron chi connectivity index (χ0n) is 11.8. The molecule has 0 bridgehead atoms. The molecule has 3 aliphatic carbocycles. The lowest BCUT2D eigenvalue weighted by atomic mass is 9.35. The van der Waals surface area contributed by atoms with Crippen LogP contribution in [0.5, 0.6) is 0 Å². The fraction of sp³-hybridized carbons (Fsp3) is 0.867. The zero-order valence-corrected chi connectivity index (χ0v) is 11.8. The largest absolute Gasteiger partial charge is 0.395 e. The maximum atomic E-state index is 11.0. The Bertz CT molecular complexity index is 445. The smallest absolute Gasteiger partial charge is 0.0993 e. The lowest BCUT2D eigenvalue weighted by Crippen LogP contribution is -2.78. The van der Waals surface area contributed by atoms with Crippen LogP contribution in [0.15, 0.2) is 12.2 Å². The second-order valence-electron chi connectivity index (χ2n) is 7.61. The molecule has 3 rings (SSSR count). The quantitative estimate of drug-likeness (QED) is 0.520. The summed E-state index contributed by atoms with van der Waals surface area (Å²) >= 11 is 0. The molecule has 0 heterocycles. The van der Waals surface area contributed by atoms with E-state index in [1.54, 1.807) is 6.08 Å². The number of hydrogen-bond donors (Lipinski definition) is 4. The monoisotopic (exact) mass is 268 g/mol. The third-order valence-corrected chi connectivity index (χ3v) is 6.63. The molecule has 2 fully saturated rings. The molecule has 4 heteroatoms. The van der Waals surface area contributed by atoms with Crippen LogP contribution in [0, 0.1) is 22.2 Å². The summed E-state index contributed by atoms with van der Waals surface area (Å²) < 4.78 is 0. The average Bonchev–Trinajstić information content (AvgIpc) is 2.59. The van der Waals surface area contributed by atoms with Crippen molar-refractivity contribution in [2.24, 2.45) is 22.2 Å².